The molecule has 8 heteroatoms. The summed E-state index contributed by atoms with van der Waals surface area (Å²) in [5.41, 5.74) is 7.18. The van der Waals surface area contributed by atoms with Gasteiger partial charge < -0.3 is 5.73 Å². The van der Waals surface area contributed by atoms with Gasteiger partial charge in [0.15, 0.2) is 0 Å². The number of nitrogen functional groups attached to an aromatic ring is 1. The van der Waals surface area contributed by atoms with Crippen LogP contribution in [0.4, 0.5) is 11.4 Å². The second kappa shape index (κ2) is 5.32. The molecule has 0 aliphatic carbocycles. The van der Waals surface area contributed by atoms with Crippen LogP contribution >= 0.6 is 38.9 Å². The van der Waals surface area contributed by atoms with E-state index >= 15 is 0 Å². The molecule has 1 heterocycles. The standard InChI is InChI=1S/C11H10BrClN2O2S2/c1-6-4-10(18-11(6)13)19(16,17)15-9-3-2-7(12)5-8(9)14/h2-5,15H,14H2,1H3. The van der Waals surface area contributed by atoms with Gasteiger partial charge in [-0.05, 0) is 36.8 Å². The van der Waals surface area contributed by atoms with Crippen molar-refractivity contribution in [3.8, 4) is 0 Å². The summed E-state index contributed by atoms with van der Waals surface area (Å²) in [6, 6.07) is 6.47. The van der Waals surface area contributed by atoms with Gasteiger partial charge in [0, 0.05) is 4.47 Å². The quantitative estimate of drug-likeness (QED) is 0.793. The van der Waals surface area contributed by atoms with Crippen molar-refractivity contribution in [1.29, 1.82) is 0 Å². The SMILES string of the molecule is Cc1cc(S(=O)(=O)Nc2ccc(Br)cc2N)sc1Cl. The molecular weight excluding hydrogens is 372 g/mol. The number of nitrogens with one attached hydrogen (secondary N) is 1. The Labute approximate surface area is 128 Å². The van der Waals surface area contributed by atoms with Crippen LogP contribution in [-0.4, -0.2) is 8.42 Å². The first-order chi connectivity index (χ1) is 8.79. The highest BCUT2D eigenvalue weighted by molar-refractivity contribution is 9.10. The number of anilines is 2. The highest BCUT2D eigenvalue weighted by Crippen LogP contribution is 2.32. The van der Waals surface area contributed by atoms with E-state index < -0.39 is 10.0 Å². The highest BCUT2D eigenvalue weighted by Gasteiger charge is 2.19. The van der Waals surface area contributed by atoms with Crippen molar-refractivity contribution in [2.45, 2.75) is 11.1 Å². The van der Waals surface area contributed by atoms with Gasteiger partial charge in [-0.2, -0.15) is 0 Å². The topological polar surface area (TPSA) is 72.2 Å². The monoisotopic (exact) mass is 380 g/mol. The van der Waals surface area contributed by atoms with Crippen LogP contribution in [0.3, 0.4) is 0 Å². The van der Waals surface area contributed by atoms with E-state index in [0.717, 1.165) is 21.4 Å². The molecule has 1 aromatic heterocycles. The molecule has 102 valence electrons. The molecule has 0 fully saturated rings. The zero-order chi connectivity index (χ0) is 14.2. The van der Waals surface area contributed by atoms with Crippen LogP contribution in [-0.2, 0) is 10.0 Å². The molecule has 2 aromatic rings. The Hall–Kier alpha value is -0.760. The molecule has 0 saturated carbocycles. The van der Waals surface area contributed by atoms with Crippen molar-refractivity contribution >= 4 is 60.3 Å². The summed E-state index contributed by atoms with van der Waals surface area (Å²) in [7, 11) is -3.66. The first-order valence-corrected chi connectivity index (χ1v) is 8.60. The first kappa shape index (κ1) is 14.6. The Morgan fingerprint density at radius 2 is 2.05 bits per heavy atom. The molecule has 0 amide bonds. The fourth-order valence-electron chi connectivity index (χ4n) is 1.39. The van der Waals surface area contributed by atoms with Crippen molar-refractivity contribution in [2.75, 3.05) is 10.5 Å². The summed E-state index contributed by atoms with van der Waals surface area (Å²) in [5, 5.41) is 0. The summed E-state index contributed by atoms with van der Waals surface area (Å²) < 4.78 is 28.2. The van der Waals surface area contributed by atoms with Gasteiger partial charge in [0.2, 0.25) is 0 Å². The molecule has 2 rings (SSSR count). The van der Waals surface area contributed by atoms with Crippen molar-refractivity contribution in [2.24, 2.45) is 0 Å². The second-order valence-electron chi connectivity index (χ2n) is 3.86. The average Bonchev–Trinajstić information content (AvgIpc) is 2.64. The maximum atomic E-state index is 12.2. The van der Waals surface area contributed by atoms with Gasteiger partial charge in [-0.15, -0.1) is 11.3 Å². The Bertz CT molecular complexity index is 709. The molecule has 0 bridgehead atoms. The second-order valence-corrected chi connectivity index (χ2v) is 8.34. The summed E-state index contributed by atoms with van der Waals surface area (Å²) in [5.74, 6) is 0. The van der Waals surface area contributed by atoms with E-state index in [2.05, 4.69) is 20.7 Å². The molecule has 0 spiro atoms. The van der Waals surface area contributed by atoms with Gasteiger partial charge in [-0.1, -0.05) is 27.5 Å². The van der Waals surface area contributed by atoms with Gasteiger partial charge in [-0.25, -0.2) is 8.42 Å². The summed E-state index contributed by atoms with van der Waals surface area (Å²) in [6.07, 6.45) is 0. The normalized spacial score (nSPS) is 11.5. The van der Waals surface area contributed by atoms with Gasteiger partial charge in [-0.3, -0.25) is 4.72 Å². The summed E-state index contributed by atoms with van der Waals surface area (Å²) >= 11 is 10.2. The van der Waals surface area contributed by atoms with E-state index in [9.17, 15) is 8.42 Å². The van der Waals surface area contributed by atoms with Gasteiger partial charge in [0.05, 0.1) is 15.7 Å². The van der Waals surface area contributed by atoms with Crippen molar-refractivity contribution < 1.29 is 8.42 Å². The van der Waals surface area contributed by atoms with E-state index in [4.69, 9.17) is 17.3 Å². The van der Waals surface area contributed by atoms with Crippen molar-refractivity contribution in [3.63, 3.8) is 0 Å². The van der Waals surface area contributed by atoms with Crippen LogP contribution in [0, 0.1) is 6.92 Å². The maximum Gasteiger partial charge on any atom is 0.271 e. The number of benzene rings is 1. The molecule has 19 heavy (non-hydrogen) atoms. The molecule has 1 aromatic carbocycles. The Morgan fingerprint density at radius 1 is 1.37 bits per heavy atom. The van der Waals surface area contributed by atoms with Crippen LogP contribution in [0.15, 0.2) is 32.9 Å². The van der Waals surface area contributed by atoms with E-state index in [0.29, 0.717) is 15.7 Å². The number of aryl methyl sites for hydroxylation is 1. The maximum absolute atomic E-state index is 12.2. The average molecular weight is 382 g/mol. The van der Waals surface area contributed by atoms with Crippen molar-refractivity contribution in [3.05, 3.63) is 38.6 Å². The largest absolute Gasteiger partial charge is 0.397 e. The minimum absolute atomic E-state index is 0.164. The lowest BCUT2D eigenvalue weighted by Gasteiger charge is -2.09. The third-order valence-corrected chi connectivity index (χ3v) is 6.24. The highest BCUT2D eigenvalue weighted by atomic mass is 79.9. The van der Waals surface area contributed by atoms with E-state index in [1.54, 1.807) is 25.1 Å². The molecule has 0 unspecified atom stereocenters. The molecular formula is C11H10BrClN2O2S2. The number of rotatable bonds is 3. The predicted molar refractivity (Wildman–Crippen MR) is 83.4 cm³/mol. The zero-order valence-corrected chi connectivity index (χ0v) is 13.8. The van der Waals surface area contributed by atoms with E-state index in [1.165, 1.54) is 6.07 Å². The number of nitrogens with two attached hydrogens (primary N) is 1. The first-order valence-electron chi connectivity index (χ1n) is 5.13. The Kier molecular flexibility index (Phi) is 4.10. The Balaban J connectivity index is 2.36. The minimum atomic E-state index is -3.66. The number of hydrogen-bond donors (Lipinski definition) is 2. The molecule has 0 saturated heterocycles. The third-order valence-electron chi connectivity index (χ3n) is 2.36. The fourth-order valence-corrected chi connectivity index (χ4v) is 4.56. The minimum Gasteiger partial charge on any atom is -0.397 e. The zero-order valence-electron chi connectivity index (χ0n) is 9.78. The van der Waals surface area contributed by atoms with Crippen LogP contribution in [0.5, 0.6) is 0 Å². The smallest absolute Gasteiger partial charge is 0.271 e. The predicted octanol–water partition coefficient (Wildman–Crippen LogP) is 3.86. The molecule has 0 aliphatic heterocycles. The molecule has 0 atom stereocenters. The molecule has 3 N–H and O–H groups in total. The molecule has 4 nitrogen and oxygen atoms in total. The number of thiophene rings is 1. The van der Waals surface area contributed by atoms with Gasteiger partial charge >= 0.3 is 0 Å². The van der Waals surface area contributed by atoms with E-state index in [1.807, 2.05) is 0 Å². The van der Waals surface area contributed by atoms with Crippen molar-refractivity contribution in [1.82, 2.24) is 0 Å². The van der Waals surface area contributed by atoms with Crippen LogP contribution in [0.2, 0.25) is 4.34 Å². The van der Waals surface area contributed by atoms with Crippen LogP contribution < -0.4 is 10.5 Å². The fraction of sp³-hybridized carbons (Fsp3) is 0.0909. The van der Waals surface area contributed by atoms with Gasteiger partial charge in [0.1, 0.15) is 4.21 Å². The van der Waals surface area contributed by atoms with Gasteiger partial charge in [0.25, 0.3) is 10.0 Å². The summed E-state index contributed by atoms with van der Waals surface area (Å²) in [6.45, 7) is 1.76. The lowest BCUT2D eigenvalue weighted by Crippen LogP contribution is -2.12. The Morgan fingerprint density at radius 3 is 2.58 bits per heavy atom. The lowest BCUT2D eigenvalue weighted by molar-refractivity contribution is 0.603. The van der Waals surface area contributed by atoms with E-state index in [-0.39, 0.29) is 4.21 Å². The van der Waals surface area contributed by atoms with Crippen LogP contribution in [0.1, 0.15) is 5.56 Å². The summed E-state index contributed by atoms with van der Waals surface area (Å²) in [4.78, 5) is 0. The lowest BCUT2D eigenvalue weighted by atomic mass is 10.3. The number of halogens is 2. The number of hydrogen-bond acceptors (Lipinski definition) is 4. The third kappa shape index (κ3) is 3.22. The molecule has 0 radical (unpaired) electrons. The molecule has 0 aliphatic rings. The van der Waals surface area contributed by atoms with Crippen LogP contribution in [0.25, 0.3) is 0 Å². The number of sulfonamides is 1.